The average molecular weight is 265 g/mol. The highest BCUT2D eigenvalue weighted by atomic mass is 16.5. The van der Waals surface area contributed by atoms with Crippen LogP contribution in [0.25, 0.3) is 0 Å². The topological polar surface area (TPSA) is 38.8 Å². The Labute approximate surface area is 115 Å². The molecule has 0 aliphatic heterocycles. The van der Waals surface area contributed by atoms with Gasteiger partial charge in [0.05, 0.1) is 13.2 Å². The molecule has 4 nitrogen and oxygen atoms in total. The molecule has 0 fully saturated rings. The van der Waals surface area contributed by atoms with Gasteiger partial charge in [-0.05, 0) is 32.9 Å². The van der Waals surface area contributed by atoms with Crippen molar-refractivity contribution in [3.63, 3.8) is 0 Å². The molecule has 0 saturated heterocycles. The van der Waals surface area contributed by atoms with Gasteiger partial charge in [-0.2, -0.15) is 0 Å². The lowest BCUT2D eigenvalue weighted by molar-refractivity contribution is -0.145. The molecule has 0 aromatic heterocycles. The van der Waals surface area contributed by atoms with Crippen LogP contribution in [0.2, 0.25) is 0 Å². The highest BCUT2D eigenvalue weighted by molar-refractivity contribution is 5.71. The van der Waals surface area contributed by atoms with Gasteiger partial charge >= 0.3 is 5.97 Å². The molecule has 1 aromatic rings. The highest BCUT2D eigenvalue weighted by Gasteiger charge is 2.14. The summed E-state index contributed by atoms with van der Waals surface area (Å²) in [5.41, 5.74) is 0. The fourth-order valence-electron chi connectivity index (χ4n) is 1.69. The van der Waals surface area contributed by atoms with Crippen molar-refractivity contribution in [2.24, 2.45) is 0 Å². The number of carbonyl (C=O) groups excluding carboxylic acids is 1. The van der Waals surface area contributed by atoms with Crippen LogP contribution in [0.3, 0.4) is 0 Å². The van der Waals surface area contributed by atoms with E-state index in [9.17, 15) is 4.79 Å². The first-order chi connectivity index (χ1) is 9.13. The number of rotatable bonds is 8. The Morgan fingerprint density at radius 1 is 1.26 bits per heavy atom. The third-order valence-corrected chi connectivity index (χ3v) is 2.76. The first-order valence-electron chi connectivity index (χ1n) is 6.71. The standard InChI is InChI=1S/C15H23NO3/c1-4-18-15(17)12-16(13(2)3)10-11-19-14-8-6-5-7-9-14/h5-9,13H,4,10-12H2,1-3H3. The maximum atomic E-state index is 11.5. The summed E-state index contributed by atoms with van der Waals surface area (Å²) >= 11 is 0. The number of nitrogens with zero attached hydrogens (tertiary/aromatic N) is 1. The van der Waals surface area contributed by atoms with Crippen molar-refractivity contribution in [2.45, 2.75) is 26.8 Å². The minimum atomic E-state index is -0.184. The van der Waals surface area contributed by atoms with E-state index >= 15 is 0 Å². The van der Waals surface area contributed by atoms with Crippen molar-refractivity contribution < 1.29 is 14.3 Å². The molecule has 0 amide bonds. The van der Waals surface area contributed by atoms with Crippen LogP contribution in [-0.4, -0.2) is 43.2 Å². The second-order valence-corrected chi connectivity index (χ2v) is 4.53. The van der Waals surface area contributed by atoms with Crippen LogP contribution < -0.4 is 4.74 Å². The van der Waals surface area contributed by atoms with Crippen molar-refractivity contribution in [3.05, 3.63) is 30.3 Å². The van der Waals surface area contributed by atoms with Crippen molar-refractivity contribution >= 4 is 5.97 Å². The summed E-state index contributed by atoms with van der Waals surface area (Å²) in [6.45, 7) is 7.92. The Morgan fingerprint density at radius 3 is 2.53 bits per heavy atom. The smallest absolute Gasteiger partial charge is 0.320 e. The molecular weight excluding hydrogens is 242 g/mol. The average Bonchev–Trinajstić information content (AvgIpc) is 2.39. The molecule has 0 aliphatic rings. The van der Waals surface area contributed by atoms with Crippen LogP contribution in [0.1, 0.15) is 20.8 Å². The largest absolute Gasteiger partial charge is 0.492 e. The summed E-state index contributed by atoms with van der Waals surface area (Å²) in [5, 5.41) is 0. The van der Waals surface area contributed by atoms with Crippen molar-refractivity contribution in [2.75, 3.05) is 26.3 Å². The fourth-order valence-corrected chi connectivity index (χ4v) is 1.69. The summed E-state index contributed by atoms with van der Waals surface area (Å²) in [5.74, 6) is 0.665. The van der Waals surface area contributed by atoms with E-state index in [1.807, 2.05) is 42.2 Å². The van der Waals surface area contributed by atoms with Gasteiger partial charge < -0.3 is 9.47 Å². The summed E-state index contributed by atoms with van der Waals surface area (Å²) in [6, 6.07) is 9.95. The van der Waals surface area contributed by atoms with Crippen LogP contribution in [0.15, 0.2) is 30.3 Å². The predicted octanol–water partition coefficient (Wildman–Crippen LogP) is 2.34. The van der Waals surface area contributed by atoms with Gasteiger partial charge in [0.1, 0.15) is 12.4 Å². The monoisotopic (exact) mass is 265 g/mol. The minimum Gasteiger partial charge on any atom is -0.492 e. The third-order valence-electron chi connectivity index (χ3n) is 2.76. The van der Waals surface area contributed by atoms with E-state index in [1.54, 1.807) is 0 Å². The molecule has 4 heteroatoms. The van der Waals surface area contributed by atoms with Crippen molar-refractivity contribution in [1.29, 1.82) is 0 Å². The second-order valence-electron chi connectivity index (χ2n) is 4.53. The van der Waals surface area contributed by atoms with Crippen molar-refractivity contribution in [1.82, 2.24) is 4.90 Å². The molecule has 0 spiro atoms. The normalized spacial score (nSPS) is 10.8. The SMILES string of the molecule is CCOC(=O)CN(CCOc1ccccc1)C(C)C. The quantitative estimate of drug-likeness (QED) is 0.676. The molecule has 0 atom stereocenters. The Morgan fingerprint density at radius 2 is 1.95 bits per heavy atom. The number of carbonyl (C=O) groups is 1. The second kappa shape index (κ2) is 8.53. The van der Waals surface area contributed by atoms with E-state index < -0.39 is 0 Å². The van der Waals surface area contributed by atoms with Crippen LogP contribution in [-0.2, 0) is 9.53 Å². The Bertz CT molecular complexity index is 365. The number of para-hydroxylation sites is 1. The number of hydrogen-bond donors (Lipinski definition) is 0. The molecule has 0 radical (unpaired) electrons. The van der Waals surface area contributed by atoms with Gasteiger partial charge in [-0.25, -0.2) is 0 Å². The molecular formula is C15H23NO3. The van der Waals surface area contributed by atoms with E-state index in [1.165, 1.54) is 0 Å². The number of hydrogen-bond acceptors (Lipinski definition) is 4. The Balaban J connectivity index is 2.35. The van der Waals surface area contributed by atoms with Gasteiger partial charge in [0.25, 0.3) is 0 Å². The number of esters is 1. The summed E-state index contributed by atoms with van der Waals surface area (Å²) in [6.07, 6.45) is 0. The molecule has 0 unspecified atom stereocenters. The predicted molar refractivity (Wildman–Crippen MR) is 75.3 cm³/mol. The lowest BCUT2D eigenvalue weighted by atomic mass is 10.3. The van der Waals surface area contributed by atoms with Crippen molar-refractivity contribution in [3.8, 4) is 5.75 Å². The Hall–Kier alpha value is -1.55. The molecule has 0 N–H and O–H groups in total. The summed E-state index contributed by atoms with van der Waals surface area (Å²) in [4.78, 5) is 13.5. The third kappa shape index (κ3) is 6.25. The van der Waals surface area contributed by atoms with Gasteiger partial charge in [-0.15, -0.1) is 0 Å². The van der Waals surface area contributed by atoms with Crippen LogP contribution in [0.4, 0.5) is 0 Å². The van der Waals surface area contributed by atoms with E-state index in [-0.39, 0.29) is 12.0 Å². The zero-order chi connectivity index (χ0) is 14.1. The van der Waals surface area contributed by atoms with Gasteiger partial charge in [-0.3, -0.25) is 9.69 Å². The zero-order valence-electron chi connectivity index (χ0n) is 12.0. The van der Waals surface area contributed by atoms with Gasteiger partial charge in [-0.1, -0.05) is 18.2 Å². The van der Waals surface area contributed by atoms with E-state index in [0.717, 1.165) is 5.75 Å². The molecule has 0 aliphatic carbocycles. The van der Waals surface area contributed by atoms with E-state index in [4.69, 9.17) is 9.47 Å². The first kappa shape index (κ1) is 15.5. The summed E-state index contributed by atoms with van der Waals surface area (Å²) < 4.78 is 10.6. The first-order valence-corrected chi connectivity index (χ1v) is 6.71. The van der Waals surface area contributed by atoms with Gasteiger partial charge in [0, 0.05) is 12.6 Å². The fraction of sp³-hybridized carbons (Fsp3) is 0.533. The number of ether oxygens (including phenoxy) is 2. The molecule has 1 rings (SSSR count). The van der Waals surface area contributed by atoms with Crippen LogP contribution in [0.5, 0.6) is 5.75 Å². The summed E-state index contributed by atoms with van der Waals surface area (Å²) in [7, 11) is 0. The maximum absolute atomic E-state index is 11.5. The van der Waals surface area contributed by atoms with Crippen LogP contribution >= 0.6 is 0 Å². The highest BCUT2D eigenvalue weighted by Crippen LogP contribution is 2.08. The minimum absolute atomic E-state index is 0.184. The number of benzene rings is 1. The van der Waals surface area contributed by atoms with Gasteiger partial charge in [0.2, 0.25) is 0 Å². The van der Waals surface area contributed by atoms with E-state index in [0.29, 0.717) is 26.3 Å². The van der Waals surface area contributed by atoms with Crippen LogP contribution in [0, 0.1) is 0 Å². The van der Waals surface area contributed by atoms with Gasteiger partial charge in [0.15, 0.2) is 0 Å². The molecule has 0 heterocycles. The molecule has 106 valence electrons. The molecule has 19 heavy (non-hydrogen) atoms. The lowest BCUT2D eigenvalue weighted by Crippen LogP contribution is -2.39. The maximum Gasteiger partial charge on any atom is 0.320 e. The molecule has 0 bridgehead atoms. The van der Waals surface area contributed by atoms with E-state index in [2.05, 4.69) is 13.8 Å². The molecule has 1 aromatic carbocycles. The zero-order valence-corrected chi connectivity index (χ0v) is 12.0. The Kier molecular flexibility index (Phi) is 6.97. The lowest BCUT2D eigenvalue weighted by Gasteiger charge is -2.25. The molecule has 0 saturated carbocycles.